The Bertz CT molecular complexity index is 645. The number of benzene rings is 1. The van der Waals surface area contributed by atoms with Gasteiger partial charge in [-0.05, 0) is 19.4 Å². The SMILES string of the molecule is CCOCC1(C#N)C(c2ccc(C)cc2)C1S(=O)(=O)CC. The van der Waals surface area contributed by atoms with E-state index in [9.17, 15) is 13.7 Å². The molecule has 21 heavy (non-hydrogen) atoms. The molecule has 0 aliphatic heterocycles. The molecular weight excluding hydrogens is 286 g/mol. The van der Waals surface area contributed by atoms with E-state index in [1.54, 1.807) is 6.92 Å². The molecule has 3 unspecified atom stereocenters. The fourth-order valence-electron chi connectivity index (χ4n) is 2.97. The van der Waals surface area contributed by atoms with Crippen molar-refractivity contribution in [2.75, 3.05) is 19.0 Å². The Labute approximate surface area is 126 Å². The number of sulfone groups is 1. The van der Waals surface area contributed by atoms with Crippen LogP contribution in [-0.4, -0.2) is 32.6 Å². The topological polar surface area (TPSA) is 67.2 Å². The molecule has 3 atom stereocenters. The highest BCUT2D eigenvalue weighted by atomic mass is 32.2. The van der Waals surface area contributed by atoms with E-state index in [0.717, 1.165) is 11.1 Å². The summed E-state index contributed by atoms with van der Waals surface area (Å²) in [6, 6.07) is 9.98. The summed E-state index contributed by atoms with van der Waals surface area (Å²) in [5.74, 6) is -0.241. The molecule has 0 N–H and O–H groups in total. The van der Waals surface area contributed by atoms with Gasteiger partial charge in [0, 0.05) is 18.3 Å². The maximum atomic E-state index is 12.3. The smallest absolute Gasteiger partial charge is 0.155 e. The van der Waals surface area contributed by atoms with Gasteiger partial charge in [0.25, 0.3) is 0 Å². The summed E-state index contributed by atoms with van der Waals surface area (Å²) in [7, 11) is -3.29. The zero-order chi connectivity index (χ0) is 15.7. The van der Waals surface area contributed by atoms with Gasteiger partial charge in [-0.25, -0.2) is 8.42 Å². The molecule has 0 radical (unpaired) electrons. The Morgan fingerprint density at radius 1 is 1.29 bits per heavy atom. The molecule has 1 aliphatic rings. The van der Waals surface area contributed by atoms with E-state index >= 15 is 0 Å². The van der Waals surface area contributed by atoms with E-state index in [1.807, 2.05) is 38.1 Å². The molecule has 1 aliphatic carbocycles. The van der Waals surface area contributed by atoms with Gasteiger partial charge < -0.3 is 4.74 Å². The standard InChI is InChI=1S/C16H21NO3S/c1-4-20-11-16(10-17)14(15(16)21(18,19)5-2)13-8-6-12(3)7-9-13/h6-9,14-15H,4-5,11H2,1-3H3. The van der Waals surface area contributed by atoms with Crippen LogP contribution in [0.5, 0.6) is 0 Å². The monoisotopic (exact) mass is 307 g/mol. The van der Waals surface area contributed by atoms with Crippen LogP contribution in [0, 0.1) is 23.7 Å². The molecular formula is C16H21NO3S. The summed E-state index contributed by atoms with van der Waals surface area (Å²) in [5.41, 5.74) is 1.07. The summed E-state index contributed by atoms with van der Waals surface area (Å²) < 4.78 is 30.1. The Morgan fingerprint density at radius 3 is 2.38 bits per heavy atom. The minimum atomic E-state index is -3.29. The fourth-order valence-corrected chi connectivity index (χ4v) is 4.97. The third-order valence-electron chi connectivity index (χ3n) is 4.24. The van der Waals surface area contributed by atoms with Gasteiger partial charge in [0.15, 0.2) is 9.84 Å². The summed E-state index contributed by atoms with van der Waals surface area (Å²) in [5, 5.41) is 8.95. The van der Waals surface area contributed by atoms with Crippen LogP contribution in [0.15, 0.2) is 24.3 Å². The molecule has 0 spiro atoms. The second-order valence-corrected chi connectivity index (χ2v) is 7.96. The van der Waals surface area contributed by atoms with Gasteiger partial charge in [-0.2, -0.15) is 5.26 Å². The number of hydrogen-bond acceptors (Lipinski definition) is 4. The number of hydrogen-bond donors (Lipinski definition) is 0. The van der Waals surface area contributed by atoms with Crippen molar-refractivity contribution in [3.63, 3.8) is 0 Å². The number of ether oxygens (including phenoxy) is 1. The summed E-state index contributed by atoms with van der Waals surface area (Å²) in [6.45, 7) is 6.10. The molecule has 0 bridgehead atoms. The molecule has 1 aromatic carbocycles. The lowest BCUT2D eigenvalue weighted by atomic mass is 10.0. The van der Waals surface area contributed by atoms with Gasteiger partial charge in [0.05, 0.1) is 17.9 Å². The first-order chi connectivity index (χ1) is 9.93. The van der Waals surface area contributed by atoms with Crippen molar-refractivity contribution in [2.45, 2.75) is 31.9 Å². The molecule has 1 fully saturated rings. The van der Waals surface area contributed by atoms with E-state index < -0.39 is 20.5 Å². The molecule has 4 nitrogen and oxygen atoms in total. The minimum absolute atomic E-state index is 0.0512. The molecule has 0 aromatic heterocycles. The largest absolute Gasteiger partial charge is 0.380 e. The maximum Gasteiger partial charge on any atom is 0.155 e. The van der Waals surface area contributed by atoms with Crippen molar-refractivity contribution in [2.24, 2.45) is 5.41 Å². The highest BCUT2D eigenvalue weighted by molar-refractivity contribution is 7.92. The maximum absolute atomic E-state index is 12.3. The van der Waals surface area contributed by atoms with Gasteiger partial charge in [0.2, 0.25) is 0 Å². The first kappa shape index (κ1) is 16.0. The normalized spacial score (nSPS) is 28.1. The first-order valence-corrected chi connectivity index (χ1v) is 8.91. The Morgan fingerprint density at radius 2 is 1.90 bits per heavy atom. The van der Waals surface area contributed by atoms with Gasteiger partial charge >= 0.3 is 0 Å². The molecule has 114 valence electrons. The third-order valence-corrected chi connectivity index (χ3v) is 6.51. The molecule has 0 amide bonds. The third kappa shape index (κ3) is 2.70. The van der Waals surface area contributed by atoms with Crippen molar-refractivity contribution >= 4 is 9.84 Å². The predicted octanol–water partition coefficient (Wildman–Crippen LogP) is 2.44. The first-order valence-electron chi connectivity index (χ1n) is 7.20. The van der Waals surface area contributed by atoms with Crippen LogP contribution in [0.2, 0.25) is 0 Å². The van der Waals surface area contributed by atoms with Gasteiger partial charge in [-0.3, -0.25) is 0 Å². The van der Waals surface area contributed by atoms with Crippen molar-refractivity contribution in [1.29, 1.82) is 5.26 Å². The molecule has 0 heterocycles. The van der Waals surface area contributed by atoms with Crippen LogP contribution in [-0.2, 0) is 14.6 Å². The number of nitriles is 1. The molecule has 0 saturated heterocycles. The molecule has 2 rings (SSSR count). The van der Waals surface area contributed by atoms with Crippen LogP contribution in [0.25, 0.3) is 0 Å². The highest BCUT2D eigenvalue weighted by Gasteiger charge is 2.71. The lowest BCUT2D eigenvalue weighted by Gasteiger charge is -2.09. The molecule has 5 heteroatoms. The second kappa shape index (κ2) is 5.78. The Kier molecular flexibility index (Phi) is 4.40. The molecule has 1 saturated carbocycles. The van der Waals surface area contributed by atoms with Gasteiger partial charge in [0.1, 0.15) is 5.41 Å². The van der Waals surface area contributed by atoms with Crippen LogP contribution in [0.1, 0.15) is 30.9 Å². The van der Waals surface area contributed by atoms with Gasteiger partial charge in [-0.15, -0.1) is 0 Å². The van der Waals surface area contributed by atoms with E-state index in [2.05, 4.69) is 6.07 Å². The fraction of sp³-hybridized carbons (Fsp3) is 0.562. The zero-order valence-electron chi connectivity index (χ0n) is 12.7. The summed E-state index contributed by atoms with van der Waals surface area (Å²) >= 11 is 0. The van der Waals surface area contributed by atoms with Crippen LogP contribution in [0.3, 0.4) is 0 Å². The summed E-state index contributed by atoms with van der Waals surface area (Å²) in [6.07, 6.45) is 0. The number of rotatable bonds is 6. The van der Waals surface area contributed by atoms with Crippen molar-refractivity contribution < 1.29 is 13.2 Å². The lowest BCUT2D eigenvalue weighted by molar-refractivity contribution is 0.117. The van der Waals surface area contributed by atoms with E-state index in [4.69, 9.17) is 4.74 Å². The quantitative estimate of drug-likeness (QED) is 0.809. The van der Waals surface area contributed by atoms with Crippen LogP contribution >= 0.6 is 0 Å². The second-order valence-electron chi connectivity index (χ2n) is 5.55. The Balaban J connectivity index is 2.42. The number of nitrogens with zero attached hydrogens (tertiary/aromatic N) is 1. The van der Waals surface area contributed by atoms with Crippen molar-refractivity contribution in [3.05, 3.63) is 35.4 Å². The van der Waals surface area contributed by atoms with Crippen molar-refractivity contribution in [3.8, 4) is 6.07 Å². The van der Waals surface area contributed by atoms with Crippen LogP contribution < -0.4 is 0 Å². The van der Waals surface area contributed by atoms with Crippen LogP contribution in [0.4, 0.5) is 0 Å². The lowest BCUT2D eigenvalue weighted by Crippen LogP contribution is -2.20. The highest BCUT2D eigenvalue weighted by Crippen LogP contribution is 2.62. The minimum Gasteiger partial charge on any atom is -0.380 e. The molecule has 1 aromatic rings. The van der Waals surface area contributed by atoms with Crippen molar-refractivity contribution in [1.82, 2.24) is 0 Å². The summed E-state index contributed by atoms with van der Waals surface area (Å²) in [4.78, 5) is 0. The predicted molar refractivity (Wildman–Crippen MR) is 81.7 cm³/mol. The van der Waals surface area contributed by atoms with E-state index in [0.29, 0.717) is 6.61 Å². The average molecular weight is 307 g/mol. The zero-order valence-corrected chi connectivity index (χ0v) is 13.5. The number of aryl methyl sites for hydroxylation is 1. The van der Waals surface area contributed by atoms with E-state index in [-0.39, 0.29) is 18.3 Å². The van der Waals surface area contributed by atoms with Gasteiger partial charge in [-0.1, -0.05) is 36.8 Å². The Hall–Kier alpha value is -1.38. The van der Waals surface area contributed by atoms with E-state index in [1.165, 1.54) is 0 Å². The average Bonchev–Trinajstić information content (AvgIpc) is 3.16.